The molecule has 0 saturated carbocycles. The molecule has 312 valence electrons. The van der Waals surface area contributed by atoms with E-state index >= 15 is 0 Å². The van der Waals surface area contributed by atoms with E-state index in [0.717, 1.165) is 33.9 Å². The van der Waals surface area contributed by atoms with Gasteiger partial charge in [-0.25, -0.2) is 24.4 Å². The highest BCUT2D eigenvalue weighted by Crippen LogP contribution is 2.26. The molecule has 0 spiro atoms. The van der Waals surface area contributed by atoms with Crippen LogP contribution in [0.4, 0.5) is 45.5 Å². The zero-order valence-corrected chi connectivity index (χ0v) is 36.5. The summed E-state index contributed by atoms with van der Waals surface area (Å²) < 4.78 is 0. The van der Waals surface area contributed by atoms with Crippen LogP contribution in [0.25, 0.3) is 0 Å². The van der Waals surface area contributed by atoms with Crippen LogP contribution in [0.3, 0.4) is 0 Å². The van der Waals surface area contributed by atoms with E-state index < -0.39 is 0 Å². The lowest BCUT2D eigenvalue weighted by Crippen LogP contribution is -1.74. The minimum atomic E-state index is 0.501. The number of benzene rings is 5. The summed E-state index contributed by atoms with van der Waals surface area (Å²) in [6.07, 6.45) is 4.32. The van der Waals surface area contributed by atoms with Gasteiger partial charge in [0.2, 0.25) is 18.2 Å². The molecule has 0 aromatic heterocycles. The van der Waals surface area contributed by atoms with Gasteiger partial charge in [0.15, 0.2) is 0 Å². The van der Waals surface area contributed by atoms with Crippen LogP contribution in [-0.4, -0.2) is 56.2 Å². The van der Waals surface area contributed by atoms with Gasteiger partial charge < -0.3 is 0 Å². The number of hydrogen-bond donors (Lipinski definition) is 0. The summed E-state index contributed by atoms with van der Waals surface area (Å²) in [4.78, 5) is 67.9. The fraction of sp³-hybridized carbons (Fsp3) is 0.208. The molecular formula is C48H52N10O3. The van der Waals surface area contributed by atoms with Gasteiger partial charge in [-0.1, -0.05) is 96.1 Å². The van der Waals surface area contributed by atoms with Gasteiger partial charge in [0, 0.05) is 14.1 Å². The van der Waals surface area contributed by atoms with Gasteiger partial charge in [0.25, 0.3) is 0 Å². The molecule has 61 heavy (non-hydrogen) atoms. The van der Waals surface area contributed by atoms with Crippen molar-refractivity contribution in [3.05, 3.63) is 139 Å². The smallest absolute Gasteiger partial charge is 0.240 e. The number of isocyanates is 3. The Balaban J connectivity index is 0. The Labute approximate surface area is 359 Å². The molecule has 13 nitrogen and oxygen atoms in total. The number of para-hydroxylation sites is 2. The largest absolute Gasteiger partial charge is 0.247 e. The van der Waals surface area contributed by atoms with Crippen molar-refractivity contribution >= 4 is 87.6 Å². The highest BCUT2D eigenvalue weighted by Gasteiger charge is 1.99. The van der Waals surface area contributed by atoms with Gasteiger partial charge >= 0.3 is 0 Å². The Morgan fingerprint density at radius 3 is 0.967 bits per heavy atom. The molecule has 0 amide bonds. The fourth-order valence-corrected chi connectivity index (χ4v) is 3.73. The first-order valence-corrected chi connectivity index (χ1v) is 19.0. The van der Waals surface area contributed by atoms with Crippen molar-refractivity contribution in [1.82, 2.24) is 0 Å². The van der Waals surface area contributed by atoms with Crippen molar-refractivity contribution in [1.29, 1.82) is 0 Å². The summed E-state index contributed by atoms with van der Waals surface area (Å²) in [5.74, 6) is 2.31. The SMILES string of the molecule is C(=Nc1ccccc1)=Nc1cccc(N=C=Nc2ccccc2)c1.C=C=NC.CC.CC.CC.CN=C=O.Cc1ccc(N=C=Nc2ccc(C)c(N=C=O)c2)cc1N=C=O. The van der Waals surface area contributed by atoms with E-state index in [2.05, 4.69) is 80.4 Å². The molecule has 0 fully saturated rings. The second-order valence-electron chi connectivity index (χ2n) is 10.2. The van der Waals surface area contributed by atoms with Gasteiger partial charge in [-0.3, -0.25) is 0 Å². The van der Waals surface area contributed by atoms with Gasteiger partial charge in [0.1, 0.15) is 18.0 Å². The van der Waals surface area contributed by atoms with Crippen LogP contribution in [0.5, 0.6) is 0 Å². The topological polar surface area (TPSA) is 175 Å². The number of nitrogens with zero attached hydrogens (tertiary/aromatic N) is 10. The molecule has 0 aliphatic heterocycles. The summed E-state index contributed by atoms with van der Waals surface area (Å²) >= 11 is 0. The summed E-state index contributed by atoms with van der Waals surface area (Å²) in [6.45, 7) is 18.9. The number of carbonyl (C=O) groups excluding carboxylic acids is 3. The van der Waals surface area contributed by atoms with Crippen molar-refractivity contribution in [3.63, 3.8) is 0 Å². The van der Waals surface area contributed by atoms with Crippen LogP contribution in [0.15, 0.2) is 178 Å². The summed E-state index contributed by atoms with van der Waals surface area (Å²) in [5, 5.41) is 0. The Hall–Kier alpha value is -8.17. The van der Waals surface area contributed by atoms with Crippen molar-refractivity contribution in [3.8, 4) is 0 Å². The molecule has 0 unspecified atom stereocenters. The Morgan fingerprint density at radius 1 is 0.377 bits per heavy atom. The van der Waals surface area contributed by atoms with E-state index in [1.807, 2.05) is 140 Å². The molecule has 0 saturated heterocycles. The van der Waals surface area contributed by atoms with Crippen molar-refractivity contribution in [2.75, 3.05) is 14.1 Å². The maximum atomic E-state index is 10.4. The number of hydrogen-bond acceptors (Lipinski definition) is 13. The zero-order valence-electron chi connectivity index (χ0n) is 36.5. The first-order valence-electron chi connectivity index (χ1n) is 19.0. The molecule has 0 radical (unpaired) electrons. The molecule has 5 aromatic carbocycles. The first-order chi connectivity index (χ1) is 29.9. The maximum Gasteiger partial charge on any atom is 0.240 e. The molecule has 0 N–H and O–H groups in total. The number of rotatable bonds is 8. The first kappa shape index (κ1) is 54.9. The lowest BCUT2D eigenvalue weighted by Gasteiger charge is -1.98. The molecule has 5 rings (SSSR count). The van der Waals surface area contributed by atoms with E-state index in [-0.39, 0.29) is 0 Å². The molecule has 0 atom stereocenters. The van der Waals surface area contributed by atoms with Crippen molar-refractivity contribution < 1.29 is 14.4 Å². The van der Waals surface area contributed by atoms with Crippen LogP contribution in [0.1, 0.15) is 52.7 Å². The fourth-order valence-electron chi connectivity index (χ4n) is 3.73. The van der Waals surface area contributed by atoms with E-state index in [1.165, 1.54) is 25.3 Å². The minimum Gasteiger partial charge on any atom is -0.247 e. The molecule has 13 heteroatoms. The highest BCUT2D eigenvalue weighted by atomic mass is 16.1. The average molecular weight is 817 g/mol. The molecular weight excluding hydrogens is 765 g/mol. The van der Waals surface area contributed by atoms with E-state index in [0.29, 0.717) is 22.7 Å². The van der Waals surface area contributed by atoms with Crippen LogP contribution >= 0.6 is 0 Å². The zero-order chi connectivity index (χ0) is 45.9. The van der Waals surface area contributed by atoms with Crippen LogP contribution in [0, 0.1) is 13.8 Å². The van der Waals surface area contributed by atoms with Crippen LogP contribution in [-0.2, 0) is 14.4 Å². The summed E-state index contributed by atoms with van der Waals surface area (Å²) in [6, 6.07) is 44.9. The summed E-state index contributed by atoms with van der Waals surface area (Å²) in [7, 11) is 3.01. The third kappa shape index (κ3) is 26.4. The van der Waals surface area contributed by atoms with Gasteiger partial charge in [-0.2, -0.15) is 39.9 Å². The molecule has 0 heterocycles. The Kier molecular flexibility index (Phi) is 34.8. The predicted molar refractivity (Wildman–Crippen MR) is 252 cm³/mol. The quantitative estimate of drug-likeness (QED) is 0.112. The van der Waals surface area contributed by atoms with Gasteiger partial charge in [-0.05, 0) is 104 Å². The lowest BCUT2D eigenvalue weighted by molar-refractivity contribution is 0.564. The van der Waals surface area contributed by atoms with E-state index in [4.69, 9.17) is 4.79 Å². The molecule has 0 aliphatic carbocycles. The highest BCUT2D eigenvalue weighted by molar-refractivity contribution is 5.66. The second kappa shape index (κ2) is 38.7. The average Bonchev–Trinajstić information content (AvgIpc) is 3.32. The molecule has 0 aliphatic rings. The third-order valence-electron chi connectivity index (χ3n) is 6.38. The predicted octanol–water partition coefficient (Wildman–Crippen LogP) is 13.8. The lowest BCUT2D eigenvalue weighted by atomic mass is 10.2. The molecule has 5 aromatic rings. The van der Waals surface area contributed by atoms with Gasteiger partial charge in [0.05, 0.1) is 45.5 Å². The van der Waals surface area contributed by atoms with Crippen molar-refractivity contribution in [2.24, 2.45) is 49.9 Å². The summed E-state index contributed by atoms with van der Waals surface area (Å²) in [5.41, 5.74) is 6.88. The van der Waals surface area contributed by atoms with Crippen LogP contribution in [0.2, 0.25) is 0 Å². The second-order valence-corrected chi connectivity index (χ2v) is 10.2. The maximum absolute atomic E-state index is 10.4. The Bertz CT molecular complexity index is 2240. The Morgan fingerprint density at radius 2 is 0.672 bits per heavy atom. The normalized spacial score (nSPS) is 7.97. The third-order valence-corrected chi connectivity index (χ3v) is 6.38. The standard InChI is InChI=1S/C20H14N4.C17H12N4O2.C3H5N.C2H3NO.3C2H6/c1-3-8-17(9-4-1)21-15-23-19-12-7-13-20(14-19)24-16-22-18-10-5-2-6-11-18;1-12-3-5-14(7-16(12)20-10-22)18-9-19-15-6-4-13(2)17(8-15)21-11-23;1-3-4-2;1-3-2-4;3*1-2/h1-14H;3-8H,1-2H3;1H2,2H3;1H3;3*1-2H3. The molecule has 0 bridgehead atoms. The number of aliphatic imine (C=N–C) groups is 10. The van der Waals surface area contributed by atoms with Gasteiger partial charge in [-0.15, -0.1) is 0 Å². The number of aryl methyl sites for hydroxylation is 2. The van der Waals surface area contributed by atoms with E-state index in [1.54, 1.807) is 43.4 Å². The van der Waals surface area contributed by atoms with Crippen LogP contribution < -0.4 is 0 Å². The monoisotopic (exact) mass is 816 g/mol. The minimum absolute atomic E-state index is 0.501. The van der Waals surface area contributed by atoms with E-state index in [9.17, 15) is 9.59 Å². The van der Waals surface area contributed by atoms with Crippen molar-refractivity contribution in [2.45, 2.75) is 55.4 Å².